The molecule has 2 heterocycles. The molecule has 0 bridgehead atoms. The fourth-order valence-corrected chi connectivity index (χ4v) is 2.46. The van der Waals surface area contributed by atoms with Crippen LogP contribution in [0.1, 0.15) is 39.4 Å². The molecule has 0 saturated carbocycles. The summed E-state index contributed by atoms with van der Waals surface area (Å²) in [5.74, 6) is 1.90. The summed E-state index contributed by atoms with van der Waals surface area (Å²) in [6, 6.07) is 0.621. The summed E-state index contributed by atoms with van der Waals surface area (Å²) < 4.78 is 2.15. The minimum atomic E-state index is 0.621. The summed E-state index contributed by atoms with van der Waals surface area (Å²) >= 11 is 0. The summed E-state index contributed by atoms with van der Waals surface area (Å²) in [5, 5.41) is 11.7. The first-order valence-electron chi connectivity index (χ1n) is 7.47. The Morgan fingerprint density at radius 2 is 2.11 bits per heavy atom. The summed E-state index contributed by atoms with van der Waals surface area (Å²) in [4.78, 5) is 2.45. The summed E-state index contributed by atoms with van der Waals surface area (Å²) in [7, 11) is 0. The number of rotatable bonds is 7. The van der Waals surface area contributed by atoms with E-state index in [1.54, 1.807) is 0 Å². The Hall–Kier alpha value is -0.940. The van der Waals surface area contributed by atoms with Gasteiger partial charge in [0.1, 0.15) is 12.2 Å². The van der Waals surface area contributed by atoms with Crippen molar-refractivity contribution in [3.63, 3.8) is 0 Å². The molecule has 1 aliphatic rings. The zero-order valence-electron chi connectivity index (χ0n) is 12.5. The van der Waals surface area contributed by atoms with Gasteiger partial charge in [0, 0.05) is 32.2 Å². The van der Waals surface area contributed by atoms with Gasteiger partial charge in [0.25, 0.3) is 0 Å². The number of hydrogen-bond acceptors (Lipinski definition) is 4. The van der Waals surface area contributed by atoms with Crippen molar-refractivity contribution in [3.8, 4) is 0 Å². The minimum Gasteiger partial charge on any atom is -0.315 e. The van der Waals surface area contributed by atoms with E-state index in [4.69, 9.17) is 0 Å². The van der Waals surface area contributed by atoms with E-state index in [-0.39, 0.29) is 0 Å². The van der Waals surface area contributed by atoms with E-state index in [1.807, 2.05) is 6.33 Å². The third kappa shape index (κ3) is 4.58. The van der Waals surface area contributed by atoms with Crippen LogP contribution in [0.4, 0.5) is 0 Å². The molecule has 0 radical (unpaired) electrons. The summed E-state index contributed by atoms with van der Waals surface area (Å²) in [6.07, 6.45) is 4.41. The van der Waals surface area contributed by atoms with Crippen molar-refractivity contribution in [2.45, 2.75) is 52.7 Å². The highest BCUT2D eigenvalue weighted by atomic mass is 15.3. The lowest BCUT2D eigenvalue weighted by Gasteiger charge is -2.27. The van der Waals surface area contributed by atoms with Gasteiger partial charge in [0.05, 0.1) is 6.54 Å². The third-order valence-corrected chi connectivity index (χ3v) is 3.82. The van der Waals surface area contributed by atoms with Crippen LogP contribution in [0.3, 0.4) is 0 Å². The molecule has 0 amide bonds. The van der Waals surface area contributed by atoms with Crippen molar-refractivity contribution in [2.24, 2.45) is 5.92 Å². The molecule has 0 aromatic carbocycles. The Morgan fingerprint density at radius 3 is 2.89 bits per heavy atom. The Bertz CT molecular complexity index is 374. The maximum absolute atomic E-state index is 4.15. The lowest BCUT2D eigenvalue weighted by Crippen LogP contribution is -2.40. The maximum Gasteiger partial charge on any atom is 0.147 e. The highest BCUT2D eigenvalue weighted by Crippen LogP contribution is 2.08. The van der Waals surface area contributed by atoms with E-state index in [0.29, 0.717) is 6.04 Å². The van der Waals surface area contributed by atoms with Gasteiger partial charge in [0.15, 0.2) is 0 Å². The predicted octanol–water partition coefficient (Wildman–Crippen LogP) is 1.51. The Morgan fingerprint density at radius 1 is 1.26 bits per heavy atom. The molecule has 108 valence electrons. The first kappa shape index (κ1) is 14.5. The first-order chi connectivity index (χ1) is 9.15. The van der Waals surface area contributed by atoms with Crippen molar-refractivity contribution >= 4 is 0 Å². The largest absolute Gasteiger partial charge is 0.315 e. The molecule has 1 N–H and O–H groups in total. The van der Waals surface area contributed by atoms with Crippen molar-refractivity contribution < 1.29 is 0 Å². The third-order valence-electron chi connectivity index (χ3n) is 3.82. The van der Waals surface area contributed by atoms with Gasteiger partial charge in [-0.25, -0.2) is 0 Å². The second-order valence-corrected chi connectivity index (χ2v) is 6.04. The lowest BCUT2D eigenvalue weighted by molar-refractivity contribution is 0.214. The van der Waals surface area contributed by atoms with E-state index in [9.17, 15) is 0 Å². The number of nitrogens with zero attached hydrogens (tertiary/aromatic N) is 4. The maximum atomic E-state index is 4.15. The minimum absolute atomic E-state index is 0.621. The molecular weight excluding hydrogens is 238 g/mol. The highest BCUT2D eigenvalue weighted by molar-refractivity contribution is 4.89. The second-order valence-electron chi connectivity index (χ2n) is 6.04. The fourth-order valence-electron chi connectivity index (χ4n) is 2.46. The lowest BCUT2D eigenvalue weighted by atomic mass is 10.0. The topological polar surface area (TPSA) is 46.0 Å². The smallest absolute Gasteiger partial charge is 0.147 e. The van der Waals surface area contributed by atoms with Gasteiger partial charge in [-0.2, -0.15) is 0 Å². The van der Waals surface area contributed by atoms with Crippen LogP contribution in [-0.2, 0) is 13.1 Å². The molecule has 0 fully saturated rings. The van der Waals surface area contributed by atoms with Gasteiger partial charge in [-0.15, -0.1) is 10.2 Å². The van der Waals surface area contributed by atoms with Gasteiger partial charge < -0.3 is 9.88 Å². The average molecular weight is 265 g/mol. The Labute approximate surface area is 116 Å². The second kappa shape index (κ2) is 7.01. The number of fused-ring (bicyclic) bond motifs is 1. The fraction of sp³-hybridized carbons (Fsp3) is 0.857. The van der Waals surface area contributed by atoms with Crippen LogP contribution < -0.4 is 5.32 Å². The SMILES string of the molecule is CC(C)CCC(C)NCCN1CCn2cnnc2C1. The highest BCUT2D eigenvalue weighted by Gasteiger charge is 2.16. The van der Waals surface area contributed by atoms with E-state index >= 15 is 0 Å². The Balaban J connectivity index is 1.62. The van der Waals surface area contributed by atoms with Crippen LogP contribution in [0.15, 0.2) is 6.33 Å². The molecule has 2 rings (SSSR count). The summed E-state index contributed by atoms with van der Waals surface area (Å²) in [6.45, 7) is 12.1. The number of nitrogens with one attached hydrogen (secondary N) is 1. The van der Waals surface area contributed by atoms with Crippen molar-refractivity contribution in [1.29, 1.82) is 0 Å². The van der Waals surface area contributed by atoms with Crippen LogP contribution in [-0.4, -0.2) is 45.3 Å². The normalized spacial score (nSPS) is 17.7. The zero-order valence-corrected chi connectivity index (χ0v) is 12.5. The molecule has 0 spiro atoms. The van der Waals surface area contributed by atoms with Crippen LogP contribution in [0.25, 0.3) is 0 Å². The van der Waals surface area contributed by atoms with Gasteiger partial charge >= 0.3 is 0 Å². The van der Waals surface area contributed by atoms with Crippen LogP contribution >= 0.6 is 0 Å². The van der Waals surface area contributed by atoms with Crippen molar-refractivity contribution in [1.82, 2.24) is 25.0 Å². The van der Waals surface area contributed by atoms with Gasteiger partial charge in [-0.05, 0) is 25.7 Å². The predicted molar refractivity (Wildman–Crippen MR) is 76.8 cm³/mol. The van der Waals surface area contributed by atoms with Gasteiger partial charge in [-0.3, -0.25) is 4.90 Å². The molecule has 1 atom stereocenters. The van der Waals surface area contributed by atoms with E-state index < -0.39 is 0 Å². The van der Waals surface area contributed by atoms with Gasteiger partial charge in [-0.1, -0.05) is 13.8 Å². The molecule has 19 heavy (non-hydrogen) atoms. The zero-order chi connectivity index (χ0) is 13.7. The molecule has 1 aliphatic heterocycles. The molecule has 1 unspecified atom stereocenters. The standard InChI is InChI=1S/C14H27N5/c1-12(2)4-5-13(3)15-6-7-18-8-9-19-11-16-17-14(19)10-18/h11-13,15H,4-10H2,1-3H3. The van der Waals surface area contributed by atoms with E-state index in [2.05, 4.69) is 45.8 Å². The Kier molecular flexibility index (Phi) is 5.34. The quantitative estimate of drug-likeness (QED) is 0.812. The molecule has 1 aromatic rings. The van der Waals surface area contributed by atoms with Crippen molar-refractivity contribution in [3.05, 3.63) is 12.2 Å². The number of aromatic nitrogens is 3. The molecule has 1 aromatic heterocycles. The molecular formula is C14H27N5. The molecule has 0 saturated heterocycles. The van der Waals surface area contributed by atoms with Crippen molar-refractivity contribution in [2.75, 3.05) is 19.6 Å². The molecule has 5 nitrogen and oxygen atoms in total. The van der Waals surface area contributed by atoms with Crippen LogP contribution in [0.5, 0.6) is 0 Å². The van der Waals surface area contributed by atoms with Crippen LogP contribution in [0.2, 0.25) is 0 Å². The number of hydrogen-bond donors (Lipinski definition) is 1. The van der Waals surface area contributed by atoms with Gasteiger partial charge in [0.2, 0.25) is 0 Å². The van der Waals surface area contributed by atoms with E-state index in [0.717, 1.165) is 44.5 Å². The first-order valence-corrected chi connectivity index (χ1v) is 7.47. The molecule has 0 aliphatic carbocycles. The monoisotopic (exact) mass is 265 g/mol. The molecule has 5 heteroatoms. The van der Waals surface area contributed by atoms with Crippen LogP contribution in [0, 0.1) is 5.92 Å². The summed E-state index contributed by atoms with van der Waals surface area (Å²) in [5.41, 5.74) is 0. The van der Waals surface area contributed by atoms with E-state index in [1.165, 1.54) is 12.8 Å². The average Bonchev–Trinajstić information content (AvgIpc) is 2.83.